The van der Waals surface area contributed by atoms with Crippen LogP contribution in [0.4, 0.5) is 11.4 Å². The second-order valence-electron chi connectivity index (χ2n) is 9.22. The Hall–Kier alpha value is -4.12. The lowest BCUT2D eigenvalue weighted by Gasteiger charge is -2.19. The Morgan fingerprint density at radius 1 is 0.706 bits per heavy atom. The van der Waals surface area contributed by atoms with Gasteiger partial charge in [-0.15, -0.1) is 0 Å². The molecule has 172 valence electrons. The summed E-state index contributed by atoms with van der Waals surface area (Å²) >= 11 is 0. The Labute approximate surface area is 199 Å². The Bertz CT molecular complexity index is 1350. The van der Waals surface area contributed by atoms with Crippen LogP contribution >= 0.6 is 0 Å². The summed E-state index contributed by atoms with van der Waals surface area (Å²) in [6, 6.07) is 26.2. The number of anilines is 2. The molecule has 2 amide bonds. The summed E-state index contributed by atoms with van der Waals surface area (Å²) in [4.78, 5) is 25.7. The first-order valence-electron chi connectivity index (χ1n) is 11.1. The molecule has 4 aromatic carbocycles. The second-order valence-corrected chi connectivity index (χ2v) is 9.22. The molecule has 0 aliphatic carbocycles. The van der Waals surface area contributed by atoms with Crippen molar-refractivity contribution in [3.05, 3.63) is 102 Å². The van der Waals surface area contributed by atoms with Crippen LogP contribution in [0.2, 0.25) is 0 Å². The van der Waals surface area contributed by atoms with Gasteiger partial charge in [0.2, 0.25) is 0 Å². The third kappa shape index (κ3) is 5.09. The molecule has 0 saturated carbocycles. The number of benzene rings is 4. The van der Waals surface area contributed by atoms with Gasteiger partial charge in [-0.1, -0.05) is 63.2 Å². The minimum absolute atomic E-state index is 0.0231. The van der Waals surface area contributed by atoms with Crippen LogP contribution < -0.4 is 15.4 Å². The molecular formula is C29H28N2O3. The summed E-state index contributed by atoms with van der Waals surface area (Å²) in [5.74, 6) is 0.00310. The van der Waals surface area contributed by atoms with Gasteiger partial charge in [0.25, 0.3) is 11.8 Å². The largest absolute Gasteiger partial charge is 0.496 e. The molecule has 0 unspecified atom stereocenters. The number of methoxy groups -OCH3 is 1. The van der Waals surface area contributed by atoms with E-state index in [1.807, 2.05) is 60.7 Å². The highest BCUT2D eigenvalue weighted by Gasteiger charge is 2.16. The van der Waals surface area contributed by atoms with E-state index < -0.39 is 0 Å². The van der Waals surface area contributed by atoms with Crippen molar-refractivity contribution in [2.45, 2.75) is 26.2 Å². The third-order valence-electron chi connectivity index (χ3n) is 5.70. The van der Waals surface area contributed by atoms with Gasteiger partial charge in [-0.25, -0.2) is 0 Å². The van der Waals surface area contributed by atoms with Crippen LogP contribution in [0.5, 0.6) is 5.75 Å². The van der Waals surface area contributed by atoms with Crippen LogP contribution in [0.15, 0.2) is 84.9 Å². The molecule has 4 rings (SSSR count). The van der Waals surface area contributed by atoms with Gasteiger partial charge in [0.15, 0.2) is 0 Å². The fourth-order valence-electron chi connectivity index (χ4n) is 3.76. The van der Waals surface area contributed by atoms with Crippen molar-refractivity contribution >= 4 is 34.0 Å². The third-order valence-corrected chi connectivity index (χ3v) is 5.70. The van der Waals surface area contributed by atoms with Gasteiger partial charge in [0, 0.05) is 16.9 Å². The Balaban J connectivity index is 1.50. The van der Waals surface area contributed by atoms with Gasteiger partial charge in [-0.3, -0.25) is 9.59 Å². The molecule has 0 radical (unpaired) electrons. The fourth-order valence-corrected chi connectivity index (χ4v) is 3.76. The summed E-state index contributed by atoms with van der Waals surface area (Å²) in [5, 5.41) is 7.75. The maximum Gasteiger partial charge on any atom is 0.259 e. The summed E-state index contributed by atoms with van der Waals surface area (Å²) in [5.41, 5.74) is 3.36. The lowest BCUT2D eigenvalue weighted by atomic mass is 9.87. The molecule has 4 aromatic rings. The number of hydrogen-bond donors (Lipinski definition) is 2. The summed E-state index contributed by atoms with van der Waals surface area (Å²) in [6.07, 6.45) is 0. The van der Waals surface area contributed by atoms with E-state index in [9.17, 15) is 9.59 Å². The Morgan fingerprint density at radius 3 is 1.88 bits per heavy atom. The first-order chi connectivity index (χ1) is 16.2. The predicted molar refractivity (Wildman–Crippen MR) is 138 cm³/mol. The molecule has 5 nitrogen and oxygen atoms in total. The van der Waals surface area contributed by atoms with Crippen molar-refractivity contribution < 1.29 is 14.3 Å². The van der Waals surface area contributed by atoms with Crippen LogP contribution in [0.1, 0.15) is 47.1 Å². The molecule has 0 heterocycles. The first-order valence-corrected chi connectivity index (χ1v) is 11.1. The maximum absolute atomic E-state index is 13.0. The zero-order valence-corrected chi connectivity index (χ0v) is 19.8. The van der Waals surface area contributed by atoms with E-state index >= 15 is 0 Å². The number of nitrogens with one attached hydrogen (secondary N) is 2. The van der Waals surface area contributed by atoms with E-state index in [1.165, 1.54) is 0 Å². The zero-order chi connectivity index (χ0) is 24.3. The summed E-state index contributed by atoms with van der Waals surface area (Å²) in [6.45, 7) is 6.40. The quantitative estimate of drug-likeness (QED) is 0.356. The van der Waals surface area contributed by atoms with E-state index in [1.54, 1.807) is 31.4 Å². The monoisotopic (exact) mass is 452 g/mol. The second kappa shape index (κ2) is 9.40. The molecule has 5 heteroatoms. The molecule has 0 saturated heterocycles. The Morgan fingerprint density at radius 2 is 1.29 bits per heavy atom. The van der Waals surface area contributed by atoms with Crippen molar-refractivity contribution in [2.75, 3.05) is 17.7 Å². The number of carbonyl (C=O) groups is 2. The highest BCUT2D eigenvalue weighted by atomic mass is 16.5. The number of hydrogen-bond acceptors (Lipinski definition) is 3. The van der Waals surface area contributed by atoms with Gasteiger partial charge >= 0.3 is 0 Å². The molecule has 0 aromatic heterocycles. The van der Waals surface area contributed by atoms with Crippen molar-refractivity contribution in [2.24, 2.45) is 0 Å². The van der Waals surface area contributed by atoms with Gasteiger partial charge in [0.1, 0.15) is 5.75 Å². The molecule has 0 spiro atoms. The molecule has 0 aliphatic rings. The lowest BCUT2D eigenvalue weighted by molar-refractivity contribution is 0.101. The van der Waals surface area contributed by atoms with Crippen LogP contribution in [0.3, 0.4) is 0 Å². The highest BCUT2D eigenvalue weighted by Crippen LogP contribution is 2.27. The smallest absolute Gasteiger partial charge is 0.259 e. The fraction of sp³-hybridized carbons (Fsp3) is 0.172. The average Bonchev–Trinajstić information content (AvgIpc) is 2.83. The van der Waals surface area contributed by atoms with Gasteiger partial charge in [-0.05, 0) is 64.2 Å². The van der Waals surface area contributed by atoms with E-state index in [4.69, 9.17) is 4.74 Å². The zero-order valence-electron chi connectivity index (χ0n) is 19.8. The standard InChI is InChI=1S/C29H28N2O3/c1-29(2,3)22-14-12-19(13-15-22)27(32)30-23-10-7-11-24(18-23)31-28(33)25-16-20-8-5-6-9-21(20)17-26(25)34-4/h5-18H,1-4H3,(H,30,32)(H,31,33). The first kappa shape index (κ1) is 23.1. The molecule has 34 heavy (non-hydrogen) atoms. The molecule has 0 aliphatic heterocycles. The lowest BCUT2D eigenvalue weighted by Crippen LogP contribution is -2.15. The van der Waals surface area contributed by atoms with E-state index in [-0.39, 0.29) is 17.2 Å². The Kier molecular flexibility index (Phi) is 6.37. The van der Waals surface area contributed by atoms with Crippen molar-refractivity contribution in [1.29, 1.82) is 0 Å². The van der Waals surface area contributed by atoms with Gasteiger partial charge in [-0.2, -0.15) is 0 Å². The minimum Gasteiger partial charge on any atom is -0.496 e. The van der Waals surface area contributed by atoms with Crippen molar-refractivity contribution in [1.82, 2.24) is 0 Å². The number of ether oxygens (including phenoxy) is 1. The number of amides is 2. The molecule has 0 bridgehead atoms. The SMILES string of the molecule is COc1cc2ccccc2cc1C(=O)Nc1cccc(NC(=O)c2ccc(C(C)(C)C)cc2)c1. The molecule has 2 N–H and O–H groups in total. The number of rotatable bonds is 5. The van der Waals surface area contributed by atoms with Crippen molar-refractivity contribution in [3.63, 3.8) is 0 Å². The highest BCUT2D eigenvalue weighted by molar-refractivity contribution is 6.09. The average molecular weight is 453 g/mol. The van der Waals surface area contributed by atoms with Crippen LogP contribution in [0, 0.1) is 0 Å². The summed E-state index contributed by atoms with van der Waals surface area (Å²) in [7, 11) is 1.55. The van der Waals surface area contributed by atoms with Gasteiger partial charge < -0.3 is 15.4 Å². The van der Waals surface area contributed by atoms with E-state index in [0.717, 1.165) is 16.3 Å². The summed E-state index contributed by atoms with van der Waals surface area (Å²) < 4.78 is 5.45. The maximum atomic E-state index is 13.0. The minimum atomic E-state index is -0.288. The van der Waals surface area contributed by atoms with Crippen molar-refractivity contribution in [3.8, 4) is 5.75 Å². The van der Waals surface area contributed by atoms with Gasteiger partial charge in [0.05, 0.1) is 12.7 Å². The molecule has 0 fully saturated rings. The molecule has 0 atom stereocenters. The number of carbonyl (C=O) groups excluding carboxylic acids is 2. The topological polar surface area (TPSA) is 67.4 Å². The number of fused-ring (bicyclic) bond motifs is 1. The predicted octanol–water partition coefficient (Wildman–Crippen LogP) is 6.65. The van der Waals surface area contributed by atoms with Crippen LogP contribution in [-0.2, 0) is 5.41 Å². The van der Waals surface area contributed by atoms with E-state index in [0.29, 0.717) is 28.3 Å². The molecular weight excluding hydrogens is 424 g/mol. The normalized spacial score (nSPS) is 11.2. The van der Waals surface area contributed by atoms with Crippen LogP contribution in [-0.4, -0.2) is 18.9 Å². The van der Waals surface area contributed by atoms with Crippen LogP contribution in [0.25, 0.3) is 10.8 Å². The van der Waals surface area contributed by atoms with E-state index in [2.05, 4.69) is 31.4 Å².